The molecule has 0 N–H and O–H groups in total. The highest BCUT2D eigenvalue weighted by atomic mass is 31.1. The van der Waals surface area contributed by atoms with E-state index in [-0.39, 0.29) is 5.16 Å². The number of unbranched alkanes of at least 4 members (excludes halogenated alkanes) is 2. The Morgan fingerprint density at radius 2 is 1.19 bits per heavy atom. The number of hydrogen-bond acceptors (Lipinski definition) is 0. The molecule has 0 saturated heterocycles. The van der Waals surface area contributed by atoms with Crippen molar-refractivity contribution >= 4 is 8.58 Å². The standard InChI is InChI=1S/C26H31P/c1-3-4-14-21-27-26(24-17-10-6-11-18-24,25-19-12-7-13-20-25)22(2)23-15-8-5-9-16-23/h5-13,15-20,22,27H,3-4,14,21H2,1-2H3. The molecule has 0 fully saturated rings. The van der Waals surface area contributed by atoms with Crippen LogP contribution in [0.2, 0.25) is 0 Å². The fourth-order valence-corrected chi connectivity index (χ4v) is 6.11. The molecule has 3 rings (SSSR count). The van der Waals surface area contributed by atoms with Crippen LogP contribution in [0.4, 0.5) is 0 Å². The first-order valence-corrected chi connectivity index (χ1v) is 11.4. The van der Waals surface area contributed by atoms with E-state index in [0.29, 0.717) is 5.92 Å². The van der Waals surface area contributed by atoms with Gasteiger partial charge in [0.25, 0.3) is 0 Å². The minimum absolute atomic E-state index is 0.0254. The largest absolute Gasteiger partial charge is 0.106 e. The van der Waals surface area contributed by atoms with Crippen LogP contribution >= 0.6 is 8.58 Å². The van der Waals surface area contributed by atoms with Gasteiger partial charge in [0, 0.05) is 5.16 Å². The third-order valence-electron chi connectivity index (χ3n) is 5.59. The van der Waals surface area contributed by atoms with Gasteiger partial charge in [-0.15, -0.1) is 8.58 Å². The van der Waals surface area contributed by atoms with Crippen molar-refractivity contribution in [3.8, 4) is 0 Å². The maximum Gasteiger partial charge on any atom is 0.0438 e. The van der Waals surface area contributed by atoms with E-state index in [1.54, 1.807) is 0 Å². The van der Waals surface area contributed by atoms with E-state index in [4.69, 9.17) is 0 Å². The number of benzene rings is 3. The maximum atomic E-state index is 2.42. The van der Waals surface area contributed by atoms with E-state index in [1.165, 1.54) is 42.1 Å². The quantitative estimate of drug-likeness (QED) is 0.267. The van der Waals surface area contributed by atoms with Crippen molar-refractivity contribution in [1.82, 2.24) is 0 Å². The van der Waals surface area contributed by atoms with Crippen molar-refractivity contribution in [1.29, 1.82) is 0 Å². The topological polar surface area (TPSA) is 0 Å². The second-order valence-corrected chi connectivity index (χ2v) is 8.95. The summed E-state index contributed by atoms with van der Waals surface area (Å²) in [5, 5.41) is 0.0254. The first-order valence-electron chi connectivity index (χ1n) is 10.2. The van der Waals surface area contributed by atoms with Crippen molar-refractivity contribution < 1.29 is 0 Å². The summed E-state index contributed by atoms with van der Waals surface area (Å²) in [7, 11) is 0.864. The van der Waals surface area contributed by atoms with Gasteiger partial charge in [0.15, 0.2) is 0 Å². The van der Waals surface area contributed by atoms with Gasteiger partial charge in [-0.05, 0) is 35.2 Å². The van der Waals surface area contributed by atoms with E-state index < -0.39 is 0 Å². The normalized spacial score (nSPS) is 13.1. The summed E-state index contributed by atoms with van der Waals surface area (Å²) in [6.07, 6.45) is 5.21. The Morgan fingerprint density at radius 3 is 1.67 bits per heavy atom. The molecule has 0 spiro atoms. The summed E-state index contributed by atoms with van der Waals surface area (Å²) in [5.74, 6) is 0.420. The summed E-state index contributed by atoms with van der Waals surface area (Å²) < 4.78 is 0. The van der Waals surface area contributed by atoms with Gasteiger partial charge >= 0.3 is 0 Å². The second-order valence-electron chi connectivity index (χ2n) is 7.31. The average Bonchev–Trinajstić information content (AvgIpc) is 2.75. The Kier molecular flexibility index (Phi) is 7.25. The highest BCUT2D eigenvalue weighted by molar-refractivity contribution is 7.40. The lowest BCUT2D eigenvalue weighted by molar-refractivity contribution is 0.595. The molecular formula is C26H31P. The number of rotatable bonds is 9. The summed E-state index contributed by atoms with van der Waals surface area (Å²) >= 11 is 0. The van der Waals surface area contributed by atoms with Crippen LogP contribution in [0.1, 0.15) is 55.7 Å². The molecule has 3 aromatic carbocycles. The summed E-state index contributed by atoms with van der Waals surface area (Å²) in [6, 6.07) is 33.4. The van der Waals surface area contributed by atoms with Crippen molar-refractivity contribution in [2.24, 2.45) is 0 Å². The van der Waals surface area contributed by atoms with Crippen LogP contribution in [0.25, 0.3) is 0 Å². The maximum absolute atomic E-state index is 2.42. The highest BCUT2D eigenvalue weighted by Crippen LogP contribution is 2.56. The average molecular weight is 375 g/mol. The molecule has 0 heterocycles. The van der Waals surface area contributed by atoms with Gasteiger partial charge in [-0.3, -0.25) is 0 Å². The van der Waals surface area contributed by atoms with Gasteiger partial charge in [-0.1, -0.05) is 118 Å². The first-order chi connectivity index (χ1) is 13.3. The molecule has 3 aromatic rings. The third kappa shape index (κ3) is 4.50. The smallest absolute Gasteiger partial charge is 0.0438 e. The zero-order valence-electron chi connectivity index (χ0n) is 16.6. The van der Waals surface area contributed by atoms with E-state index in [0.717, 1.165) is 8.58 Å². The molecule has 27 heavy (non-hydrogen) atoms. The molecule has 0 amide bonds. The monoisotopic (exact) mass is 374 g/mol. The molecule has 140 valence electrons. The lowest BCUT2D eigenvalue weighted by Gasteiger charge is -2.41. The molecule has 0 aliphatic heterocycles. The predicted molar refractivity (Wildman–Crippen MR) is 121 cm³/mol. The SMILES string of the molecule is CCCCCPC(c1ccccc1)(c1ccccc1)C(C)c1ccccc1. The Morgan fingerprint density at radius 1 is 0.704 bits per heavy atom. The van der Waals surface area contributed by atoms with Gasteiger partial charge in [-0.25, -0.2) is 0 Å². The summed E-state index contributed by atoms with van der Waals surface area (Å²) in [6.45, 7) is 4.71. The second kappa shape index (κ2) is 9.86. The first kappa shape index (κ1) is 19.8. The van der Waals surface area contributed by atoms with Crippen LogP contribution < -0.4 is 0 Å². The van der Waals surface area contributed by atoms with E-state index >= 15 is 0 Å². The van der Waals surface area contributed by atoms with Gasteiger partial charge < -0.3 is 0 Å². The molecule has 1 heteroatoms. The van der Waals surface area contributed by atoms with E-state index in [1.807, 2.05) is 0 Å². The highest BCUT2D eigenvalue weighted by Gasteiger charge is 2.39. The minimum Gasteiger partial charge on any atom is -0.106 e. The predicted octanol–water partition coefficient (Wildman–Crippen LogP) is 7.60. The molecule has 0 nitrogen and oxygen atoms in total. The minimum atomic E-state index is 0.0254. The molecule has 2 atom stereocenters. The Labute approximate surface area is 166 Å². The van der Waals surface area contributed by atoms with Crippen molar-refractivity contribution in [2.75, 3.05) is 6.16 Å². The van der Waals surface area contributed by atoms with Crippen LogP contribution in [-0.2, 0) is 5.16 Å². The summed E-state index contributed by atoms with van der Waals surface area (Å²) in [5.41, 5.74) is 4.32. The molecule has 0 bridgehead atoms. The van der Waals surface area contributed by atoms with E-state index in [2.05, 4.69) is 105 Å². The van der Waals surface area contributed by atoms with Crippen molar-refractivity contribution in [3.63, 3.8) is 0 Å². The van der Waals surface area contributed by atoms with Crippen LogP contribution in [0, 0.1) is 0 Å². The molecule has 2 unspecified atom stereocenters. The fraction of sp³-hybridized carbons (Fsp3) is 0.308. The number of hydrogen-bond donors (Lipinski definition) is 0. The molecule has 0 aliphatic carbocycles. The Bertz CT molecular complexity index is 741. The lowest BCUT2D eigenvalue weighted by Crippen LogP contribution is -2.29. The molecule has 0 aliphatic rings. The third-order valence-corrected chi connectivity index (χ3v) is 7.76. The Balaban J connectivity index is 2.12. The molecule has 0 saturated carbocycles. The Hall–Kier alpha value is -1.91. The van der Waals surface area contributed by atoms with Gasteiger partial charge in [0.2, 0.25) is 0 Å². The molecule has 0 radical (unpaired) electrons. The fourth-order valence-electron chi connectivity index (χ4n) is 4.08. The van der Waals surface area contributed by atoms with Crippen LogP contribution in [0.3, 0.4) is 0 Å². The van der Waals surface area contributed by atoms with Gasteiger partial charge in [0.1, 0.15) is 0 Å². The van der Waals surface area contributed by atoms with Crippen LogP contribution in [0.5, 0.6) is 0 Å². The molecule has 0 aromatic heterocycles. The zero-order chi connectivity index (χ0) is 19.0. The summed E-state index contributed by atoms with van der Waals surface area (Å²) in [4.78, 5) is 0. The van der Waals surface area contributed by atoms with Crippen molar-refractivity contribution in [2.45, 2.75) is 44.2 Å². The van der Waals surface area contributed by atoms with Crippen LogP contribution in [-0.4, -0.2) is 6.16 Å². The van der Waals surface area contributed by atoms with Crippen molar-refractivity contribution in [3.05, 3.63) is 108 Å². The zero-order valence-corrected chi connectivity index (χ0v) is 17.6. The van der Waals surface area contributed by atoms with Crippen LogP contribution in [0.15, 0.2) is 91.0 Å². The van der Waals surface area contributed by atoms with Gasteiger partial charge in [-0.2, -0.15) is 0 Å². The molecular weight excluding hydrogens is 343 g/mol. The van der Waals surface area contributed by atoms with E-state index in [9.17, 15) is 0 Å². The van der Waals surface area contributed by atoms with Gasteiger partial charge in [0.05, 0.1) is 0 Å². The lowest BCUT2D eigenvalue weighted by atomic mass is 9.77.